The van der Waals surface area contributed by atoms with Gasteiger partial charge in [0.2, 0.25) is 0 Å². The van der Waals surface area contributed by atoms with Gasteiger partial charge in [-0.2, -0.15) is 0 Å². The number of pyridine rings is 2. The lowest BCUT2D eigenvalue weighted by Crippen LogP contribution is -1.96. The third-order valence-corrected chi connectivity index (χ3v) is 9.07. The summed E-state index contributed by atoms with van der Waals surface area (Å²) >= 11 is 0. The van der Waals surface area contributed by atoms with Crippen LogP contribution in [0.4, 0.5) is 0 Å². The zero-order valence-electron chi connectivity index (χ0n) is 25.1. The lowest BCUT2D eigenvalue weighted by atomic mass is 9.83. The smallest absolute Gasteiger partial charge is 0.0715 e. The predicted molar refractivity (Wildman–Crippen MR) is 194 cm³/mol. The van der Waals surface area contributed by atoms with Gasteiger partial charge in [-0.05, 0) is 62.0 Å². The fourth-order valence-corrected chi connectivity index (χ4v) is 7.02. The van der Waals surface area contributed by atoms with Crippen LogP contribution in [0.1, 0.15) is 0 Å². The van der Waals surface area contributed by atoms with Crippen molar-refractivity contribution in [2.45, 2.75) is 0 Å². The van der Waals surface area contributed by atoms with Crippen molar-refractivity contribution in [2.24, 2.45) is 0 Å². The van der Waals surface area contributed by atoms with Crippen molar-refractivity contribution in [3.8, 4) is 44.8 Å². The first kappa shape index (κ1) is 26.3. The third kappa shape index (κ3) is 4.27. The number of aromatic nitrogens is 2. The Morgan fingerprint density at radius 2 is 0.913 bits per heavy atom. The van der Waals surface area contributed by atoms with Crippen LogP contribution in [0.15, 0.2) is 170 Å². The first-order chi connectivity index (χ1) is 22.8. The van der Waals surface area contributed by atoms with Crippen molar-refractivity contribution in [3.05, 3.63) is 170 Å². The Labute approximate surface area is 267 Å². The molecule has 0 aliphatic carbocycles. The van der Waals surface area contributed by atoms with Crippen LogP contribution in [-0.4, -0.2) is 9.97 Å². The van der Waals surface area contributed by atoms with E-state index < -0.39 is 0 Å². The highest BCUT2D eigenvalue weighted by Gasteiger charge is 2.21. The van der Waals surface area contributed by atoms with Crippen molar-refractivity contribution in [3.63, 3.8) is 0 Å². The normalized spacial score (nSPS) is 11.5. The summed E-state index contributed by atoms with van der Waals surface area (Å²) in [4.78, 5) is 10.2. The number of benzene rings is 7. The second-order valence-corrected chi connectivity index (χ2v) is 11.7. The van der Waals surface area contributed by atoms with Crippen LogP contribution in [0.5, 0.6) is 0 Å². The van der Waals surface area contributed by atoms with Crippen molar-refractivity contribution < 1.29 is 0 Å². The number of hydrogen-bond acceptors (Lipinski definition) is 2. The SMILES string of the molecule is c1ccc(-c2cc(-c3c4ccccc4c(-c4cccc5ccccc45)c4c3cnc3ccccc34)cc(-c3ccccc3)n2)cc1. The van der Waals surface area contributed by atoms with E-state index in [4.69, 9.17) is 9.97 Å². The van der Waals surface area contributed by atoms with Gasteiger partial charge in [0.25, 0.3) is 0 Å². The minimum atomic E-state index is 0.945. The van der Waals surface area contributed by atoms with Crippen molar-refractivity contribution in [1.82, 2.24) is 9.97 Å². The number of fused-ring (bicyclic) bond motifs is 5. The van der Waals surface area contributed by atoms with E-state index in [9.17, 15) is 0 Å². The maximum atomic E-state index is 5.19. The molecular formula is C44H28N2. The molecule has 0 saturated carbocycles. The second-order valence-electron chi connectivity index (χ2n) is 11.7. The Hall–Kier alpha value is -6.12. The summed E-state index contributed by atoms with van der Waals surface area (Å²) < 4.78 is 0. The van der Waals surface area contributed by atoms with Crippen LogP contribution in [0.2, 0.25) is 0 Å². The molecule has 0 saturated heterocycles. The Morgan fingerprint density at radius 1 is 0.370 bits per heavy atom. The Morgan fingerprint density at radius 3 is 1.61 bits per heavy atom. The topological polar surface area (TPSA) is 25.8 Å². The van der Waals surface area contributed by atoms with Gasteiger partial charge in [-0.1, -0.05) is 146 Å². The molecule has 0 unspecified atom stereocenters. The Kier molecular flexibility index (Phi) is 6.17. The fraction of sp³-hybridized carbons (Fsp3) is 0. The number of rotatable bonds is 4. The van der Waals surface area contributed by atoms with E-state index in [2.05, 4.69) is 170 Å². The summed E-state index contributed by atoms with van der Waals surface area (Å²) in [6.07, 6.45) is 2.08. The predicted octanol–water partition coefficient (Wildman–Crippen LogP) is 11.8. The fourth-order valence-electron chi connectivity index (χ4n) is 7.02. The minimum absolute atomic E-state index is 0.945. The zero-order valence-corrected chi connectivity index (χ0v) is 25.1. The van der Waals surface area contributed by atoms with Crippen LogP contribution in [0, 0.1) is 0 Å². The number of hydrogen-bond donors (Lipinski definition) is 0. The molecule has 0 fully saturated rings. The molecule has 2 nitrogen and oxygen atoms in total. The molecule has 9 aromatic rings. The van der Waals surface area contributed by atoms with E-state index >= 15 is 0 Å². The van der Waals surface area contributed by atoms with Gasteiger partial charge in [0, 0.05) is 33.5 Å². The number of para-hydroxylation sites is 1. The number of nitrogens with zero attached hydrogens (tertiary/aromatic N) is 2. The van der Waals surface area contributed by atoms with E-state index in [1.807, 2.05) is 0 Å². The molecule has 0 amide bonds. The van der Waals surface area contributed by atoms with Gasteiger partial charge < -0.3 is 0 Å². The first-order valence-electron chi connectivity index (χ1n) is 15.7. The van der Waals surface area contributed by atoms with E-state index in [0.717, 1.165) is 44.4 Å². The molecule has 214 valence electrons. The zero-order chi connectivity index (χ0) is 30.5. The largest absolute Gasteiger partial charge is 0.256 e. The molecule has 9 rings (SSSR count). The molecule has 0 atom stereocenters. The van der Waals surface area contributed by atoms with Crippen LogP contribution in [0.25, 0.3) is 88.0 Å². The van der Waals surface area contributed by atoms with E-state index in [1.54, 1.807) is 0 Å². The molecule has 2 aromatic heterocycles. The van der Waals surface area contributed by atoms with Gasteiger partial charge in [0.15, 0.2) is 0 Å². The molecule has 0 aliphatic heterocycles. The molecule has 46 heavy (non-hydrogen) atoms. The molecule has 7 aromatic carbocycles. The first-order valence-corrected chi connectivity index (χ1v) is 15.7. The van der Waals surface area contributed by atoms with Gasteiger partial charge in [0.1, 0.15) is 0 Å². The maximum absolute atomic E-state index is 5.19. The van der Waals surface area contributed by atoms with Gasteiger partial charge >= 0.3 is 0 Å². The average Bonchev–Trinajstić information content (AvgIpc) is 3.14. The summed E-state index contributed by atoms with van der Waals surface area (Å²) in [6.45, 7) is 0. The van der Waals surface area contributed by atoms with E-state index in [-0.39, 0.29) is 0 Å². The molecule has 0 aliphatic rings. The molecule has 0 N–H and O–H groups in total. The molecule has 0 radical (unpaired) electrons. The molecule has 2 heterocycles. The van der Waals surface area contributed by atoms with Crippen molar-refractivity contribution in [1.29, 1.82) is 0 Å². The minimum Gasteiger partial charge on any atom is -0.256 e. The van der Waals surface area contributed by atoms with Crippen LogP contribution < -0.4 is 0 Å². The standard InChI is InChI=1S/C44H28N2/c1-3-15-30(16-4-1)40-26-32(27-41(46-40)31-17-5-2-6-18-31)42-35-21-9-10-22-36(35)43(34-24-13-19-29-14-7-8-20-33(29)34)44-37-23-11-12-25-39(37)45-28-38(42)44/h1-28H. The summed E-state index contributed by atoms with van der Waals surface area (Å²) in [5, 5.41) is 8.38. The van der Waals surface area contributed by atoms with Crippen molar-refractivity contribution >= 4 is 43.2 Å². The van der Waals surface area contributed by atoms with Gasteiger partial charge in [-0.25, -0.2) is 4.98 Å². The van der Waals surface area contributed by atoms with Crippen LogP contribution in [0.3, 0.4) is 0 Å². The second kappa shape index (κ2) is 10.8. The molecule has 0 spiro atoms. The van der Waals surface area contributed by atoms with Crippen LogP contribution in [-0.2, 0) is 0 Å². The van der Waals surface area contributed by atoms with Gasteiger partial charge in [0.05, 0.1) is 16.9 Å². The van der Waals surface area contributed by atoms with Crippen molar-refractivity contribution in [2.75, 3.05) is 0 Å². The van der Waals surface area contributed by atoms with E-state index in [0.29, 0.717) is 0 Å². The highest BCUT2D eigenvalue weighted by atomic mass is 14.7. The summed E-state index contributed by atoms with van der Waals surface area (Å²) in [6, 6.07) is 58.1. The summed E-state index contributed by atoms with van der Waals surface area (Å²) in [5.74, 6) is 0. The highest BCUT2D eigenvalue weighted by Crippen LogP contribution is 2.47. The third-order valence-electron chi connectivity index (χ3n) is 9.07. The molecule has 2 heteroatoms. The summed E-state index contributed by atoms with van der Waals surface area (Å²) in [7, 11) is 0. The molecular weight excluding hydrogens is 556 g/mol. The average molecular weight is 585 g/mol. The molecule has 0 bridgehead atoms. The lowest BCUT2D eigenvalue weighted by molar-refractivity contribution is 1.32. The highest BCUT2D eigenvalue weighted by molar-refractivity contribution is 6.28. The quantitative estimate of drug-likeness (QED) is 0.152. The van der Waals surface area contributed by atoms with Gasteiger partial charge in [-0.3, -0.25) is 4.98 Å². The Balaban J connectivity index is 1.47. The van der Waals surface area contributed by atoms with E-state index in [1.165, 1.54) is 43.6 Å². The summed E-state index contributed by atoms with van der Waals surface area (Å²) in [5.41, 5.74) is 9.82. The Bertz CT molecular complexity index is 2510. The van der Waals surface area contributed by atoms with Gasteiger partial charge in [-0.15, -0.1) is 0 Å². The monoisotopic (exact) mass is 584 g/mol. The maximum Gasteiger partial charge on any atom is 0.0715 e. The van der Waals surface area contributed by atoms with Crippen LogP contribution >= 0.6 is 0 Å². The lowest BCUT2D eigenvalue weighted by Gasteiger charge is -2.20.